The SMILES string of the molecule is CCOc1ccc2oc(C)c(C(=O)Oc3ccc4c(c3)O/C(=C\c3cccc(OC)c3OC)C4=O)c2c1. The lowest BCUT2D eigenvalue weighted by molar-refractivity contribution is 0.0734. The lowest BCUT2D eigenvalue weighted by Crippen LogP contribution is -2.09. The van der Waals surface area contributed by atoms with E-state index in [1.165, 1.54) is 20.3 Å². The van der Waals surface area contributed by atoms with Crippen LogP contribution in [0.4, 0.5) is 0 Å². The van der Waals surface area contributed by atoms with E-state index >= 15 is 0 Å². The molecular formula is C29H24O8. The highest BCUT2D eigenvalue weighted by Crippen LogP contribution is 2.38. The van der Waals surface area contributed by atoms with Gasteiger partial charge in [-0.3, -0.25) is 4.79 Å². The number of ether oxygens (including phenoxy) is 5. The number of methoxy groups -OCH3 is 2. The third-order valence-corrected chi connectivity index (χ3v) is 5.92. The second-order valence-corrected chi connectivity index (χ2v) is 8.19. The van der Waals surface area contributed by atoms with E-state index in [9.17, 15) is 9.59 Å². The quantitative estimate of drug-likeness (QED) is 0.173. The maximum atomic E-state index is 13.1. The van der Waals surface area contributed by atoms with Crippen LogP contribution in [0.25, 0.3) is 17.0 Å². The second-order valence-electron chi connectivity index (χ2n) is 8.19. The number of hydrogen-bond donors (Lipinski definition) is 0. The number of carbonyl (C=O) groups is 2. The molecule has 3 aromatic carbocycles. The number of allylic oxidation sites excluding steroid dienone is 1. The first-order valence-electron chi connectivity index (χ1n) is 11.6. The van der Waals surface area contributed by atoms with Gasteiger partial charge in [0.25, 0.3) is 0 Å². The highest BCUT2D eigenvalue weighted by Gasteiger charge is 2.29. The Balaban J connectivity index is 1.41. The normalized spacial score (nSPS) is 13.4. The largest absolute Gasteiger partial charge is 0.494 e. The summed E-state index contributed by atoms with van der Waals surface area (Å²) in [4.78, 5) is 26.1. The monoisotopic (exact) mass is 500 g/mol. The second kappa shape index (κ2) is 9.73. The lowest BCUT2D eigenvalue weighted by Gasteiger charge is -2.10. The average molecular weight is 501 g/mol. The summed E-state index contributed by atoms with van der Waals surface area (Å²) in [6, 6.07) is 15.3. The molecule has 0 spiro atoms. The molecule has 0 radical (unpaired) electrons. The first kappa shape index (κ1) is 24.0. The number of benzene rings is 3. The third kappa shape index (κ3) is 4.38. The molecule has 1 aliphatic rings. The number of fused-ring (bicyclic) bond motifs is 2. The van der Waals surface area contributed by atoms with Crippen molar-refractivity contribution in [1.82, 2.24) is 0 Å². The van der Waals surface area contributed by atoms with Crippen molar-refractivity contribution in [3.63, 3.8) is 0 Å². The summed E-state index contributed by atoms with van der Waals surface area (Å²) in [6.45, 7) is 4.08. The number of rotatable bonds is 7. The molecule has 8 heteroatoms. The van der Waals surface area contributed by atoms with Gasteiger partial charge in [-0.15, -0.1) is 0 Å². The summed E-state index contributed by atoms with van der Waals surface area (Å²) in [5, 5.41) is 0.596. The zero-order chi connectivity index (χ0) is 26.1. The number of Topliss-reactive ketones (excluding diaryl/α,β-unsaturated/α-hetero) is 1. The first-order chi connectivity index (χ1) is 17.9. The van der Waals surface area contributed by atoms with Gasteiger partial charge in [-0.05, 0) is 56.3 Å². The Kier molecular flexibility index (Phi) is 6.31. The van der Waals surface area contributed by atoms with E-state index in [-0.39, 0.29) is 23.0 Å². The summed E-state index contributed by atoms with van der Waals surface area (Å²) in [7, 11) is 3.06. The van der Waals surface area contributed by atoms with E-state index in [1.54, 1.807) is 61.5 Å². The molecular weight excluding hydrogens is 476 g/mol. The van der Waals surface area contributed by atoms with E-state index in [0.29, 0.717) is 57.3 Å². The number of esters is 1. The Morgan fingerprint density at radius 1 is 1.00 bits per heavy atom. The molecule has 0 atom stereocenters. The molecule has 0 unspecified atom stereocenters. The molecule has 8 nitrogen and oxygen atoms in total. The van der Waals surface area contributed by atoms with Crippen LogP contribution in [0.1, 0.15) is 39.0 Å². The first-order valence-corrected chi connectivity index (χ1v) is 11.6. The summed E-state index contributed by atoms with van der Waals surface area (Å²) in [5.41, 5.74) is 1.84. The maximum absolute atomic E-state index is 13.1. The van der Waals surface area contributed by atoms with Gasteiger partial charge in [-0.2, -0.15) is 0 Å². The van der Waals surface area contributed by atoms with Gasteiger partial charge in [0.15, 0.2) is 17.3 Å². The Bertz CT molecular complexity index is 1560. The predicted octanol–water partition coefficient (Wildman–Crippen LogP) is 5.99. The van der Waals surface area contributed by atoms with Crippen LogP contribution in [0.3, 0.4) is 0 Å². The lowest BCUT2D eigenvalue weighted by atomic mass is 10.1. The van der Waals surface area contributed by atoms with Crippen molar-refractivity contribution in [2.24, 2.45) is 0 Å². The average Bonchev–Trinajstić information content (AvgIpc) is 3.38. The fourth-order valence-corrected chi connectivity index (χ4v) is 4.26. The van der Waals surface area contributed by atoms with Gasteiger partial charge in [0, 0.05) is 17.0 Å². The topological polar surface area (TPSA) is 93.4 Å². The van der Waals surface area contributed by atoms with Gasteiger partial charge < -0.3 is 28.1 Å². The molecule has 188 valence electrons. The van der Waals surface area contributed by atoms with E-state index in [0.717, 1.165) is 0 Å². The predicted molar refractivity (Wildman–Crippen MR) is 136 cm³/mol. The molecule has 0 saturated carbocycles. The fourth-order valence-electron chi connectivity index (χ4n) is 4.26. The molecule has 1 aliphatic heterocycles. The summed E-state index contributed by atoms with van der Waals surface area (Å²) in [5.74, 6) is 1.82. The standard InChI is InChI=1S/C29H24O8/c1-5-34-18-10-12-22-21(14-18)26(16(2)35-22)29(31)36-19-9-11-20-24(15-19)37-25(27(20)30)13-17-7-6-8-23(32-3)28(17)33-4/h6-15H,5H2,1-4H3/b25-13-. The molecule has 0 N–H and O–H groups in total. The van der Waals surface area contributed by atoms with Crippen molar-refractivity contribution in [2.75, 3.05) is 20.8 Å². The van der Waals surface area contributed by atoms with Crippen molar-refractivity contribution < 1.29 is 37.7 Å². The van der Waals surface area contributed by atoms with Crippen LogP contribution in [0.2, 0.25) is 0 Å². The van der Waals surface area contributed by atoms with Gasteiger partial charge >= 0.3 is 5.97 Å². The van der Waals surface area contributed by atoms with Crippen molar-refractivity contribution in [3.8, 4) is 28.7 Å². The number of ketones is 1. The Labute approximate surface area is 213 Å². The van der Waals surface area contributed by atoms with Crippen molar-refractivity contribution >= 4 is 28.8 Å². The van der Waals surface area contributed by atoms with Crippen LogP contribution >= 0.6 is 0 Å². The number of aryl methyl sites for hydroxylation is 1. The fraction of sp³-hybridized carbons (Fsp3) is 0.172. The van der Waals surface area contributed by atoms with Crippen LogP contribution in [0, 0.1) is 6.92 Å². The highest BCUT2D eigenvalue weighted by atomic mass is 16.5. The number of carbonyl (C=O) groups excluding carboxylic acids is 2. The Morgan fingerprint density at radius 2 is 1.81 bits per heavy atom. The molecule has 0 bridgehead atoms. The highest BCUT2D eigenvalue weighted by molar-refractivity contribution is 6.14. The van der Waals surface area contributed by atoms with Crippen LogP contribution < -0.4 is 23.7 Å². The van der Waals surface area contributed by atoms with Gasteiger partial charge in [0.05, 0.1) is 26.4 Å². The minimum absolute atomic E-state index is 0.116. The molecule has 0 saturated heterocycles. The van der Waals surface area contributed by atoms with Crippen molar-refractivity contribution in [3.05, 3.63) is 82.8 Å². The number of furan rings is 1. The van der Waals surface area contributed by atoms with E-state index in [2.05, 4.69) is 0 Å². The van der Waals surface area contributed by atoms with Crippen LogP contribution in [0.5, 0.6) is 28.7 Å². The molecule has 1 aromatic heterocycles. The minimum Gasteiger partial charge on any atom is -0.494 e. The minimum atomic E-state index is -0.592. The summed E-state index contributed by atoms with van der Waals surface area (Å²) in [6.07, 6.45) is 1.59. The number of para-hydroxylation sites is 1. The van der Waals surface area contributed by atoms with E-state index in [1.807, 2.05) is 6.92 Å². The molecule has 0 fully saturated rings. The molecule has 0 aliphatic carbocycles. The zero-order valence-electron chi connectivity index (χ0n) is 20.7. The Hall–Kier alpha value is -4.72. The molecule has 2 heterocycles. The smallest absolute Gasteiger partial charge is 0.347 e. The van der Waals surface area contributed by atoms with Gasteiger partial charge in [0.2, 0.25) is 5.78 Å². The van der Waals surface area contributed by atoms with Crippen LogP contribution in [-0.2, 0) is 0 Å². The molecule has 0 amide bonds. The van der Waals surface area contributed by atoms with Gasteiger partial charge in [-0.25, -0.2) is 4.79 Å². The molecule has 37 heavy (non-hydrogen) atoms. The summed E-state index contributed by atoms with van der Waals surface area (Å²) >= 11 is 0. The maximum Gasteiger partial charge on any atom is 0.347 e. The van der Waals surface area contributed by atoms with Crippen molar-refractivity contribution in [2.45, 2.75) is 13.8 Å². The third-order valence-electron chi connectivity index (χ3n) is 5.92. The van der Waals surface area contributed by atoms with Gasteiger partial charge in [0.1, 0.15) is 34.2 Å². The molecule has 5 rings (SSSR count). The van der Waals surface area contributed by atoms with Crippen molar-refractivity contribution in [1.29, 1.82) is 0 Å². The van der Waals surface area contributed by atoms with E-state index in [4.69, 9.17) is 28.1 Å². The van der Waals surface area contributed by atoms with Crippen LogP contribution in [0.15, 0.2) is 64.8 Å². The van der Waals surface area contributed by atoms with Crippen LogP contribution in [-0.4, -0.2) is 32.6 Å². The zero-order valence-corrected chi connectivity index (χ0v) is 20.7. The van der Waals surface area contributed by atoms with Gasteiger partial charge in [-0.1, -0.05) is 12.1 Å². The Morgan fingerprint density at radius 3 is 2.57 bits per heavy atom. The molecule has 4 aromatic rings. The van der Waals surface area contributed by atoms with E-state index < -0.39 is 5.97 Å². The number of hydrogen-bond acceptors (Lipinski definition) is 8. The summed E-state index contributed by atoms with van der Waals surface area (Å²) < 4.78 is 33.5.